The van der Waals surface area contributed by atoms with Gasteiger partial charge in [-0.15, -0.1) is 0 Å². The van der Waals surface area contributed by atoms with Crippen molar-refractivity contribution >= 4 is 46.9 Å². The van der Waals surface area contributed by atoms with Crippen LogP contribution in [0, 0.1) is 13.8 Å². The van der Waals surface area contributed by atoms with E-state index in [1.54, 1.807) is 12.4 Å². The second-order valence-corrected chi connectivity index (χ2v) is 7.57. The summed E-state index contributed by atoms with van der Waals surface area (Å²) in [6, 6.07) is 11.3. The van der Waals surface area contributed by atoms with Gasteiger partial charge in [0.25, 0.3) is 11.8 Å². The maximum Gasteiger partial charge on any atom is 0.335 e. The lowest BCUT2D eigenvalue weighted by Crippen LogP contribution is -2.54. The summed E-state index contributed by atoms with van der Waals surface area (Å²) >= 11 is 5.20. The van der Waals surface area contributed by atoms with Crippen molar-refractivity contribution in [3.8, 4) is 5.69 Å². The maximum absolute atomic E-state index is 13.2. The number of nitrogens with one attached hydrogen (secondary N) is 1. The standard InChI is InChI=1S/C23H18N4O4S/c1-13-10-16(14(2)26(13)18-4-3-9-24-12-18)11-19-20(28)25-23(32)27(21(19)29)17-7-5-15(6-8-17)22(30)31/h3-12H,1-2H3,(H,30,31)(H,25,28,32)/b19-11+. The van der Waals surface area contributed by atoms with Crippen molar-refractivity contribution in [2.45, 2.75) is 13.8 Å². The minimum absolute atomic E-state index is 0.0685. The summed E-state index contributed by atoms with van der Waals surface area (Å²) in [6.45, 7) is 3.82. The molecule has 0 spiro atoms. The van der Waals surface area contributed by atoms with E-state index in [2.05, 4.69) is 10.3 Å². The third kappa shape index (κ3) is 3.69. The summed E-state index contributed by atoms with van der Waals surface area (Å²) in [6.07, 6.45) is 4.95. The molecule has 0 aliphatic carbocycles. The van der Waals surface area contributed by atoms with Crippen LogP contribution in [0.4, 0.5) is 5.69 Å². The van der Waals surface area contributed by atoms with E-state index in [-0.39, 0.29) is 16.2 Å². The number of pyridine rings is 1. The number of carboxylic acids is 1. The molecule has 8 nitrogen and oxygen atoms in total. The Morgan fingerprint density at radius 2 is 1.84 bits per heavy atom. The Labute approximate surface area is 188 Å². The average Bonchev–Trinajstić information content (AvgIpc) is 3.04. The first kappa shape index (κ1) is 21.1. The second kappa shape index (κ2) is 8.20. The molecule has 2 amide bonds. The summed E-state index contributed by atoms with van der Waals surface area (Å²) in [5, 5.41) is 11.6. The summed E-state index contributed by atoms with van der Waals surface area (Å²) in [4.78, 5) is 42.2. The summed E-state index contributed by atoms with van der Waals surface area (Å²) < 4.78 is 1.98. The molecule has 1 aromatic carbocycles. The fraction of sp³-hybridized carbons (Fsp3) is 0.0870. The first-order valence-electron chi connectivity index (χ1n) is 9.62. The van der Waals surface area contributed by atoms with Crippen molar-refractivity contribution in [3.63, 3.8) is 0 Å². The molecular weight excluding hydrogens is 428 g/mol. The summed E-state index contributed by atoms with van der Waals surface area (Å²) in [5.74, 6) is -2.26. The lowest BCUT2D eigenvalue weighted by atomic mass is 10.1. The van der Waals surface area contributed by atoms with E-state index in [1.165, 1.54) is 35.2 Å². The van der Waals surface area contributed by atoms with Crippen molar-refractivity contribution in [2.75, 3.05) is 4.90 Å². The Kier molecular flexibility index (Phi) is 5.41. The highest BCUT2D eigenvalue weighted by molar-refractivity contribution is 7.80. The van der Waals surface area contributed by atoms with Crippen molar-refractivity contribution < 1.29 is 19.5 Å². The van der Waals surface area contributed by atoms with E-state index in [9.17, 15) is 14.4 Å². The number of anilines is 1. The third-order valence-corrected chi connectivity index (χ3v) is 5.43. The number of carbonyl (C=O) groups is 3. The van der Waals surface area contributed by atoms with Gasteiger partial charge in [0.15, 0.2) is 5.11 Å². The molecule has 0 bridgehead atoms. The number of hydrogen-bond donors (Lipinski definition) is 2. The van der Waals surface area contributed by atoms with Gasteiger partial charge in [-0.2, -0.15) is 0 Å². The monoisotopic (exact) mass is 446 g/mol. The number of benzene rings is 1. The van der Waals surface area contributed by atoms with E-state index < -0.39 is 17.8 Å². The fourth-order valence-electron chi connectivity index (χ4n) is 3.62. The molecule has 9 heteroatoms. The number of aromatic nitrogens is 2. The van der Waals surface area contributed by atoms with Crippen LogP contribution in [-0.2, 0) is 9.59 Å². The Morgan fingerprint density at radius 1 is 1.12 bits per heavy atom. The van der Waals surface area contributed by atoms with Gasteiger partial charge in [-0.05, 0) is 80.2 Å². The van der Waals surface area contributed by atoms with Gasteiger partial charge in [0, 0.05) is 17.6 Å². The van der Waals surface area contributed by atoms with Crippen LogP contribution in [0.15, 0.2) is 60.4 Å². The third-order valence-electron chi connectivity index (χ3n) is 5.15. The van der Waals surface area contributed by atoms with E-state index in [4.69, 9.17) is 17.3 Å². The quantitative estimate of drug-likeness (QED) is 0.363. The Bertz CT molecular complexity index is 1290. The van der Waals surface area contributed by atoms with E-state index in [0.29, 0.717) is 11.3 Å². The smallest absolute Gasteiger partial charge is 0.335 e. The van der Waals surface area contributed by atoms with Crippen LogP contribution in [0.2, 0.25) is 0 Å². The summed E-state index contributed by atoms with van der Waals surface area (Å²) in [5.41, 5.74) is 3.69. The molecule has 0 saturated carbocycles. The number of amides is 2. The zero-order chi connectivity index (χ0) is 23.0. The molecule has 3 aromatic rings. The zero-order valence-corrected chi connectivity index (χ0v) is 18.0. The maximum atomic E-state index is 13.2. The molecule has 3 heterocycles. The van der Waals surface area contributed by atoms with Gasteiger partial charge in [0.2, 0.25) is 0 Å². The molecule has 1 saturated heterocycles. The molecule has 160 valence electrons. The number of carboxylic acid groups (broad SMARTS) is 1. The van der Waals surface area contributed by atoms with Crippen LogP contribution < -0.4 is 10.2 Å². The largest absolute Gasteiger partial charge is 0.478 e. The number of rotatable bonds is 4. The van der Waals surface area contributed by atoms with E-state index in [0.717, 1.165) is 17.1 Å². The topological polar surface area (TPSA) is 105 Å². The van der Waals surface area contributed by atoms with E-state index in [1.807, 2.05) is 36.6 Å². The van der Waals surface area contributed by atoms with Gasteiger partial charge in [0.1, 0.15) is 5.57 Å². The first-order valence-corrected chi connectivity index (χ1v) is 10.0. The number of nitrogens with zero attached hydrogens (tertiary/aromatic N) is 3. The van der Waals surface area contributed by atoms with Crippen molar-refractivity contribution in [1.29, 1.82) is 0 Å². The minimum atomic E-state index is -1.08. The number of aryl methyl sites for hydroxylation is 1. The average molecular weight is 446 g/mol. The van der Waals surface area contributed by atoms with Gasteiger partial charge in [-0.3, -0.25) is 24.8 Å². The van der Waals surface area contributed by atoms with Crippen LogP contribution in [0.3, 0.4) is 0 Å². The SMILES string of the molecule is Cc1cc(/C=C2\C(=O)NC(=S)N(c3ccc(C(=O)O)cc3)C2=O)c(C)n1-c1cccnc1. The molecule has 2 N–H and O–H groups in total. The fourth-order valence-corrected chi connectivity index (χ4v) is 3.90. The number of thiocarbonyl (C=S) groups is 1. The van der Waals surface area contributed by atoms with E-state index >= 15 is 0 Å². The lowest BCUT2D eigenvalue weighted by molar-refractivity contribution is -0.122. The second-order valence-electron chi connectivity index (χ2n) is 7.18. The molecular formula is C23H18N4O4S. The molecule has 0 unspecified atom stereocenters. The lowest BCUT2D eigenvalue weighted by Gasteiger charge is -2.29. The van der Waals surface area contributed by atoms with Gasteiger partial charge in [-0.25, -0.2) is 4.79 Å². The first-order chi connectivity index (χ1) is 15.3. The highest BCUT2D eigenvalue weighted by Crippen LogP contribution is 2.26. The van der Waals surface area contributed by atoms with Crippen molar-refractivity contribution in [2.24, 2.45) is 0 Å². The molecule has 4 rings (SSSR count). The number of aromatic carboxylic acids is 1. The van der Waals surface area contributed by atoms with Crippen LogP contribution in [0.1, 0.15) is 27.3 Å². The molecule has 1 fully saturated rings. The van der Waals surface area contributed by atoms with Crippen LogP contribution in [0.5, 0.6) is 0 Å². The highest BCUT2D eigenvalue weighted by atomic mass is 32.1. The predicted molar refractivity (Wildman–Crippen MR) is 123 cm³/mol. The number of hydrogen-bond acceptors (Lipinski definition) is 5. The number of carbonyl (C=O) groups excluding carboxylic acids is 2. The molecule has 0 atom stereocenters. The van der Waals surface area contributed by atoms with Gasteiger partial charge in [0.05, 0.1) is 23.1 Å². The molecule has 1 aliphatic rings. The molecule has 1 aliphatic heterocycles. The Morgan fingerprint density at radius 3 is 2.47 bits per heavy atom. The minimum Gasteiger partial charge on any atom is -0.478 e. The predicted octanol–water partition coefficient (Wildman–Crippen LogP) is 3.02. The Hall–Kier alpha value is -4.11. The molecule has 2 aromatic heterocycles. The zero-order valence-electron chi connectivity index (χ0n) is 17.2. The summed E-state index contributed by atoms with van der Waals surface area (Å²) in [7, 11) is 0. The van der Waals surface area contributed by atoms with Crippen LogP contribution in [-0.4, -0.2) is 37.6 Å². The van der Waals surface area contributed by atoms with Crippen LogP contribution in [0.25, 0.3) is 11.8 Å². The molecule has 0 radical (unpaired) electrons. The van der Waals surface area contributed by atoms with Crippen LogP contribution >= 0.6 is 12.2 Å². The highest BCUT2D eigenvalue weighted by Gasteiger charge is 2.34. The normalized spacial score (nSPS) is 15.2. The Balaban J connectivity index is 1.73. The van der Waals surface area contributed by atoms with Crippen molar-refractivity contribution in [1.82, 2.24) is 14.9 Å². The van der Waals surface area contributed by atoms with Gasteiger partial charge < -0.3 is 9.67 Å². The van der Waals surface area contributed by atoms with Gasteiger partial charge in [-0.1, -0.05) is 0 Å². The molecule has 32 heavy (non-hydrogen) atoms. The van der Waals surface area contributed by atoms with Gasteiger partial charge >= 0.3 is 5.97 Å². The van der Waals surface area contributed by atoms with Crippen molar-refractivity contribution in [3.05, 3.63) is 82.9 Å².